The summed E-state index contributed by atoms with van der Waals surface area (Å²) in [5.41, 5.74) is 0. The third-order valence-corrected chi connectivity index (χ3v) is 6.15. The van der Waals surface area contributed by atoms with Crippen molar-refractivity contribution in [3.05, 3.63) is 42.7 Å². The summed E-state index contributed by atoms with van der Waals surface area (Å²) in [6, 6.07) is 8.55. The smallest absolute Gasteiger partial charge is 0.243 e. The third kappa shape index (κ3) is 3.56. The number of benzene rings is 1. The van der Waals surface area contributed by atoms with E-state index in [4.69, 9.17) is 4.74 Å². The highest BCUT2D eigenvalue weighted by Crippen LogP contribution is 2.26. The molecule has 2 aromatic rings. The Labute approximate surface area is 136 Å². The molecule has 2 heterocycles. The van der Waals surface area contributed by atoms with Gasteiger partial charge in [0.1, 0.15) is 5.75 Å². The van der Waals surface area contributed by atoms with E-state index in [9.17, 15) is 8.42 Å². The van der Waals surface area contributed by atoms with Gasteiger partial charge in [0.25, 0.3) is 0 Å². The number of ether oxygens (including phenoxy) is 1. The van der Waals surface area contributed by atoms with Crippen molar-refractivity contribution in [2.24, 2.45) is 5.92 Å². The van der Waals surface area contributed by atoms with Crippen LogP contribution in [-0.4, -0.2) is 42.7 Å². The number of sulfonamides is 1. The predicted octanol–water partition coefficient (Wildman–Crippen LogP) is 1.99. The minimum absolute atomic E-state index is 0.294. The molecule has 0 saturated carbocycles. The Morgan fingerprint density at radius 3 is 2.70 bits per heavy atom. The average Bonchev–Trinajstić information content (AvgIpc) is 3.08. The maximum atomic E-state index is 12.7. The van der Waals surface area contributed by atoms with Gasteiger partial charge in [0.05, 0.1) is 12.0 Å². The van der Waals surface area contributed by atoms with E-state index < -0.39 is 10.0 Å². The number of methoxy groups -OCH3 is 1. The number of piperidine rings is 1. The number of nitrogens with zero attached hydrogens (tertiary/aromatic N) is 3. The first kappa shape index (κ1) is 16.0. The van der Waals surface area contributed by atoms with Crippen LogP contribution in [0.1, 0.15) is 12.8 Å². The quantitative estimate of drug-likeness (QED) is 0.838. The molecule has 0 bridgehead atoms. The maximum absolute atomic E-state index is 12.7. The molecule has 0 amide bonds. The second kappa shape index (κ2) is 6.72. The van der Waals surface area contributed by atoms with Gasteiger partial charge < -0.3 is 4.74 Å². The van der Waals surface area contributed by atoms with Crippen LogP contribution >= 0.6 is 0 Å². The van der Waals surface area contributed by atoms with Crippen LogP contribution in [0.3, 0.4) is 0 Å². The van der Waals surface area contributed by atoms with E-state index >= 15 is 0 Å². The molecule has 0 spiro atoms. The summed E-state index contributed by atoms with van der Waals surface area (Å²) in [4.78, 5) is 0.294. The van der Waals surface area contributed by atoms with Crippen molar-refractivity contribution in [3.8, 4) is 5.75 Å². The summed E-state index contributed by atoms with van der Waals surface area (Å²) in [5, 5.41) is 4.22. The van der Waals surface area contributed by atoms with Gasteiger partial charge in [-0.3, -0.25) is 4.68 Å². The molecule has 1 aromatic heterocycles. The first-order chi connectivity index (χ1) is 11.1. The minimum Gasteiger partial charge on any atom is -0.497 e. The third-order valence-electron chi connectivity index (χ3n) is 4.26. The first-order valence-electron chi connectivity index (χ1n) is 7.71. The molecule has 1 aliphatic heterocycles. The molecule has 124 valence electrons. The highest BCUT2D eigenvalue weighted by molar-refractivity contribution is 7.89. The number of rotatable bonds is 5. The second-order valence-corrected chi connectivity index (χ2v) is 7.69. The lowest BCUT2D eigenvalue weighted by molar-refractivity contribution is 0.247. The molecule has 3 rings (SSSR count). The van der Waals surface area contributed by atoms with Crippen LogP contribution in [-0.2, 0) is 16.6 Å². The van der Waals surface area contributed by atoms with Gasteiger partial charge in [0.2, 0.25) is 10.0 Å². The van der Waals surface area contributed by atoms with E-state index in [2.05, 4.69) is 5.10 Å². The number of aromatic nitrogens is 2. The van der Waals surface area contributed by atoms with Crippen molar-refractivity contribution in [1.82, 2.24) is 14.1 Å². The lowest BCUT2D eigenvalue weighted by atomic mass is 9.98. The van der Waals surface area contributed by atoms with Crippen molar-refractivity contribution in [1.29, 1.82) is 0 Å². The minimum atomic E-state index is -3.45. The van der Waals surface area contributed by atoms with E-state index in [1.807, 2.05) is 16.9 Å². The summed E-state index contributed by atoms with van der Waals surface area (Å²) in [6.45, 7) is 1.94. The molecule has 23 heavy (non-hydrogen) atoms. The van der Waals surface area contributed by atoms with Gasteiger partial charge in [-0.2, -0.15) is 9.40 Å². The van der Waals surface area contributed by atoms with E-state index in [-0.39, 0.29) is 0 Å². The number of hydrogen-bond donors (Lipinski definition) is 0. The van der Waals surface area contributed by atoms with Gasteiger partial charge in [-0.1, -0.05) is 6.07 Å². The standard InChI is InChI=1S/C16H21N3O3S/c1-22-15-4-2-5-16(12-15)23(20,21)19-10-6-14(7-11-19)13-18-9-3-8-17-18/h2-5,8-9,12,14H,6-7,10-11,13H2,1H3. The lowest BCUT2D eigenvalue weighted by Gasteiger charge is -2.31. The summed E-state index contributed by atoms with van der Waals surface area (Å²) < 4.78 is 34.1. The Morgan fingerprint density at radius 2 is 2.04 bits per heavy atom. The molecule has 0 N–H and O–H groups in total. The average molecular weight is 335 g/mol. The Kier molecular flexibility index (Phi) is 4.68. The normalized spacial score (nSPS) is 17.3. The molecule has 0 radical (unpaired) electrons. The number of hydrogen-bond acceptors (Lipinski definition) is 4. The molecule has 7 heteroatoms. The fraction of sp³-hybridized carbons (Fsp3) is 0.438. The van der Waals surface area contributed by atoms with E-state index in [1.54, 1.807) is 34.8 Å². The van der Waals surface area contributed by atoms with Crippen molar-refractivity contribution < 1.29 is 13.2 Å². The Hall–Kier alpha value is -1.86. The van der Waals surface area contributed by atoms with Gasteiger partial charge >= 0.3 is 0 Å². The monoisotopic (exact) mass is 335 g/mol. The van der Waals surface area contributed by atoms with Crippen LogP contribution in [0.25, 0.3) is 0 Å². The molecular formula is C16H21N3O3S. The SMILES string of the molecule is COc1cccc(S(=O)(=O)N2CCC(Cn3cccn3)CC2)c1. The molecule has 1 aromatic carbocycles. The van der Waals surface area contributed by atoms with Gasteiger partial charge in [0, 0.05) is 38.1 Å². The topological polar surface area (TPSA) is 64.4 Å². The molecule has 1 saturated heterocycles. The summed E-state index contributed by atoms with van der Waals surface area (Å²) in [5.74, 6) is 1.02. The van der Waals surface area contributed by atoms with Gasteiger partial charge in [-0.05, 0) is 37.0 Å². The largest absolute Gasteiger partial charge is 0.497 e. The van der Waals surface area contributed by atoms with Gasteiger partial charge in [0.15, 0.2) is 0 Å². The Balaban J connectivity index is 1.66. The fourth-order valence-electron chi connectivity index (χ4n) is 2.92. The molecule has 1 fully saturated rings. The van der Waals surface area contributed by atoms with Crippen LogP contribution in [0.4, 0.5) is 0 Å². The van der Waals surface area contributed by atoms with Crippen LogP contribution in [0.2, 0.25) is 0 Å². The van der Waals surface area contributed by atoms with Crippen molar-refractivity contribution >= 4 is 10.0 Å². The van der Waals surface area contributed by atoms with Crippen LogP contribution in [0, 0.1) is 5.92 Å². The Morgan fingerprint density at radius 1 is 1.26 bits per heavy atom. The zero-order valence-electron chi connectivity index (χ0n) is 13.1. The highest BCUT2D eigenvalue weighted by Gasteiger charge is 2.29. The van der Waals surface area contributed by atoms with E-state index in [0.717, 1.165) is 19.4 Å². The molecule has 0 unspecified atom stereocenters. The van der Waals surface area contributed by atoms with Gasteiger partial charge in [-0.25, -0.2) is 8.42 Å². The van der Waals surface area contributed by atoms with Crippen molar-refractivity contribution in [2.75, 3.05) is 20.2 Å². The second-order valence-electron chi connectivity index (χ2n) is 5.75. The summed E-state index contributed by atoms with van der Waals surface area (Å²) in [6.07, 6.45) is 5.41. The Bertz CT molecular complexity index is 736. The van der Waals surface area contributed by atoms with Gasteiger partial charge in [-0.15, -0.1) is 0 Å². The van der Waals surface area contributed by atoms with Crippen LogP contribution in [0.5, 0.6) is 5.75 Å². The fourth-order valence-corrected chi connectivity index (χ4v) is 4.42. The predicted molar refractivity (Wildman–Crippen MR) is 86.7 cm³/mol. The molecule has 6 nitrogen and oxygen atoms in total. The zero-order valence-corrected chi connectivity index (χ0v) is 13.9. The maximum Gasteiger partial charge on any atom is 0.243 e. The lowest BCUT2D eigenvalue weighted by Crippen LogP contribution is -2.39. The molecular weight excluding hydrogens is 314 g/mol. The van der Waals surface area contributed by atoms with Crippen LogP contribution < -0.4 is 4.74 Å². The highest BCUT2D eigenvalue weighted by atomic mass is 32.2. The zero-order chi connectivity index (χ0) is 16.3. The van der Waals surface area contributed by atoms with Crippen molar-refractivity contribution in [3.63, 3.8) is 0 Å². The van der Waals surface area contributed by atoms with Crippen LogP contribution in [0.15, 0.2) is 47.6 Å². The summed E-state index contributed by atoms with van der Waals surface area (Å²) in [7, 11) is -1.91. The summed E-state index contributed by atoms with van der Waals surface area (Å²) >= 11 is 0. The van der Waals surface area contributed by atoms with Crippen molar-refractivity contribution in [2.45, 2.75) is 24.3 Å². The first-order valence-corrected chi connectivity index (χ1v) is 9.15. The van der Waals surface area contributed by atoms with E-state index in [0.29, 0.717) is 29.7 Å². The molecule has 0 aliphatic carbocycles. The molecule has 1 aliphatic rings. The molecule has 0 atom stereocenters. The van der Waals surface area contributed by atoms with E-state index in [1.165, 1.54) is 7.11 Å².